The van der Waals surface area contributed by atoms with Crippen molar-refractivity contribution in [2.45, 2.75) is 44.0 Å². The third kappa shape index (κ3) is 2.92. The van der Waals surface area contributed by atoms with Gasteiger partial charge in [-0.05, 0) is 30.9 Å². The fourth-order valence-corrected chi connectivity index (χ4v) is 4.41. The summed E-state index contributed by atoms with van der Waals surface area (Å²) < 4.78 is 33.2. The molecule has 7 nitrogen and oxygen atoms in total. The second-order valence-corrected chi connectivity index (χ2v) is 8.05. The summed E-state index contributed by atoms with van der Waals surface area (Å²) in [5, 5.41) is 9.72. The van der Waals surface area contributed by atoms with E-state index in [0.29, 0.717) is 5.58 Å². The number of furan rings is 1. The molecular weight excluding hydrogens is 332 g/mol. The summed E-state index contributed by atoms with van der Waals surface area (Å²) in [5.74, 6) is -0.207. The van der Waals surface area contributed by atoms with E-state index in [0.717, 1.165) is 36.0 Å². The molecule has 1 atom stereocenters. The van der Waals surface area contributed by atoms with Gasteiger partial charge in [-0.2, -0.15) is 4.72 Å². The highest BCUT2D eigenvalue weighted by molar-refractivity contribution is 7.89. The molecular formula is C16H20N2O5S. The molecule has 1 unspecified atom stereocenters. The lowest BCUT2D eigenvalue weighted by Gasteiger charge is -2.20. The summed E-state index contributed by atoms with van der Waals surface area (Å²) in [4.78, 5) is 11.7. The Kier molecular flexibility index (Phi) is 4.37. The van der Waals surface area contributed by atoms with Gasteiger partial charge in [0.2, 0.25) is 10.0 Å². The molecule has 1 aromatic carbocycles. The normalized spacial score (nSPS) is 15.7. The van der Waals surface area contributed by atoms with Crippen LogP contribution in [0.2, 0.25) is 0 Å². The minimum atomic E-state index is -3.93. The smallest absolute Gasteiger partial charge is 0.261 e. The molecule has 1 heterocycles. The molecule has 0 radical (unpaired) electrons. The number of sulfonamides is 1. The summed E-state index contributed by atoms with van der Waals surface area (Å²) in [6, 6.07) is 3.66. The van der Waals surface area contributed by atoms with Crippen LogP contribution < -0.4 is 10.2 Å². The minimum Gasteiger partial charge on any atom is -0.461 e. The number of fused-ring (bicyclic) bond motifs is 3. The number of rotatable bonds is 5. The molecule has 1 aromatic heterocycles. The average molecular weight is 352 g/mol. The summed E-state index contributed by atoms with van der Waals surface area (Å²) in [6.45, 7) is 3.37. The number of amides is 1. The number of hydrogen-bond acceptors (Lipinski definition) is 5. The van der Waals surface area contributed by atoms with Crippen molar-refractivity contribution in [3.05, 3.63) is 29.5 Å². The number of carbonyl (C=O) groups excluding carboxylic acids is 1. The van der Waals surface area contributed by atoms with Gasteiger partial charge in [0, 0.05) is 23.4 Å². The van der Waals surface area contributed by atoms with Crippen LogP contribution in [0.1, 0.15) is 31.6 Å². The van der Waals surface area contributed by atoms with Crippen molar-refractivity contribution >= 4 is 26.9 Å². The van der Waals surface area contributed by atoms with Crippen LogP contribution in [0.3, 0.4) is 0 Å². The van der Waals surface area contributed by atoms with Crippen molar-refractivity contribution in [1.82, 2.24) is 10.2 Å². The maximum absolute atomic E-state index is 12.6. The summed E-state index contributed by atoms with van der Waals surface area (Å²) in [6.07, 6.45) is 2.87. The Bertz CT molecular complexity index is 885. The van der Waals surface area contributed by atoms with Gasteiger partial charge in [-0.3, -0.25) is 10.0 Å². The molecule has 1 aliphatic carbocycles. The van der Waals surface area contributed by atoms with Crippen LogP contribution >= 0.6 is 0 Å². The zero-order chi connectivity index (χ0) is 17.5. The Hall–Kier alpha value is -1.90. The first kappa shape index (κ1) is 16.9. The standard InChI is InChI=1S/C16H20N2O5S/c1-9(2)15(16(19)17-20)18-24(21,22)10-6-7-12-11-4-3-5-13(11)23-14(12)8-10/h6-9,15,18,20H,3-5H2,1-2H3,(H,17,19). The van der Waals surface area contributed by atoms with Crippen LogP contribution in [0.15, 0.2) is 27.5 Å². The molecule has 24 heavy (non-hydrogen) atoms. The Morgan fingerprint density at radius 1 is 1.29 bits per heavy atom. The topological polar surface area (TPSA) is 109 Å². The van der Waals surface area contributed by atoms with Gasteiger partial charge >= 0.3 is 0 Å². The molecule has 0 spiro atoms. The highest BCUT2D eigenvalue weighted by Crippen LogP contribution is 2.33. The molecule has 1 aliphatic rings. The number of hydroxylamine groups is 1. The van der Waals surface area contributed by atoms with Crippen molar-refractivity contribution < 1.29 is 22.8 Å². The lowest BCUT2D eigenvalue weighted by Crippen LogP contribution is -2.48. The fourth-order valence-electron chi connectivity index (χ4n) is 3.05. The maximum Gasteiger partial charge on any atom is 0.261 e. The largest absolute Gasteiger partial charge is 0.461 e. The zero-order valence-electron chi connectivity index (χ0n) is 13.5. The number of nitrogens with one attached hydrogen (secondary N) is 2. The van der Waals surface area contributed by atoms with E-state index in [2.05, 4.69) is 4.72 Å². The number of benzene rings is 1. The van der Waals surface area contributed by atoms with Gasteiger partial charge in [0.15, 0.2) is 0 Å². The van der Waals surface area contributed by atoms with Crippen molar-refractivity contribution in [2.24, 2.45) is 5.92 Å². The highest BCUT2D eigenvalue weighted by atomic mass is 32.2. The van der Waals surface area contributed by atoms with Crippen molar-refractivity contribution in [1.29, 1.82) is 0 Å². The number of hydrogen-bond donors (Lipinski definition) is 3. The molecule has 2 aromatic rings. The molecule has 0 bridgehead atoms. The predicted octanol–water partition coefficient (Wildman–Crippen LogP) is 1.73. The average Bonchev–Trinajstić information content (AvgIpc) is 3.11. The van der Waals surface area contributed by atoms with E-state index in [1.54, 1.807) is 19.9 Å². The summed E-state index contributed by atoms with van der Waals surface area (Å²) in [5.41, 5.74) is 3.18. The number of aryl methyl sites for hydroxylation is 2. The van der Waals surface area contributed by atoms with Crippen LogP contribution in [-0.2, 0) is 27.7 Å². The van der Waals surface area contributed by atoms with Crippen LogP contribution in [0.4, 0.5) is 0 Å². The van der Waals surface area contributed by atoms with Crippen LogP contribution in [0.25, 0.3) is 11.0 Å². The molecule has 3 rings (SSSR count). The third-order valence-corrected chi connectivity index (χ3v) is 5.77. The monoisotopic (exact) mass is 352 g/mol. The van der Waals surface area contributed by atoms with Gasteiger partial charge in [0.1, 0.15) is 17.4 Å². The second-order valence-electron chi connectivity index (χ2n) is 6.33. The predicted molar refractivity (Wildman–Crippen MR) is 87.1 cm³/mol. The molecule has 0 saturated heterocycles. The first-order valence-electron chi connectivity index (χ1n) is 7.84. The summed E-state index contributed by atoms with van der Waals surface area (Å²) in [7, 11) is -3.93. The quantitative estimate of drug-likeness (QED) is 0.561. The van der Waals surface area contributed by atoms with Crippen LogP contribution in [0, 0.1) is 5.92 Å². The minimum absolute atomic E-state index is 0.0267. The summed E-state index contributed by atoms with van der Waals surface area (Å²) >= 11 is 0. The van der Waals surface area contributed by atoms with Gasteiger partial charge < -0.3 is 4.42 Å². The Morgan fingerprint density at radius 3 is 2.71 bits per heavy atom. The molecule has 0 aliphatic heterocycles. The lowest BCUT2D eigenvalue weighted by atomic mass is 10.1. The van der Waals surface area contributed by atoms with E-state index >= 15 is 0 Å². The second kappa shape index (κ2) is 6.19. The molecule has 0 fully saturated rings. The van der Waals surface area contributed by atoms with Crippen LogP contribution in [0.5, 0.6) is 0 Å². The van der Waals surface area contributed by atoms with E-state index in [4.69, 9.17) is 9.62 Å². The van der Waals surface area contributed by atoms with E-state index in [1.807, 2.05) is 0 Å². The molecule has 3 N–H and O–H groups in total. The van der Waals surface area contributed by atoms with E-state index in [9.17, 15) is 13.2 Å². The van der Waals surface area contributed by atoms with E-state index < -0.39 is 22.0 Å². The van der Waals surface area contributed by atoms with Gasteiger partial charge in [-0.25, -0.2) is 13.9 Å². The first-order valence-corrected chi connectivity index (χ1v) is 9.32. The van der Waals surface area contributed by atoms with E-state index in [1.165, 1.54) is 17.6 Å². The van der Waals surface area contributed by atoms with Gasteiger partial charge in [-0.15, -0.1) is 0 Å². The maximum atomic E-state index is 12.6. The van der Waals surface area contributed by atoms with Crippen molar-refractivity contribution in [2.75, 3.05) is 0 Å². The Balaban J connectivity index is 1.94. The first-order chi connectivity index (χ1) is 11.3. The van der Waals surface area contributed by atoms with Crippen molar-refractivity contribution in [3.8, 4) is 0 Å². The van der Waals surface area contributed by atoms with Gasteiger partial charge in [0.05, 0.1) is 4.90 Å². The Morgan fingerprint density at radius 2 is 2.04 bits per heavy atom. The molecule has 130 valence electrons. The van der Waals surface area contributed by atoms with Crippen molar-refractivity contribution in [3.63, 3.8) is 0 Å². The van der Waals surface area contributed by atoms with E-state index in [-0.39, 0.29) is 10.8 Å². The third-order valence-electron chi connectivity index (χ3n) is 4.33. The van der Waals surface area contributed by atoms with Gasteiger partial charge in [-0.1, -0.05) is 13.8 Å². The SMILES string of the molecule is CC(C)C(NS(=O)(=O)c1ccc2c3c(oc2c1)CCC3)C(=O)NO. The Labute approximate surface area is 140 Å². The number of carbonyl (C=O) groups is 1. The fraction of sp³-hybridized carbons (Fsp3) is 0.438. The molecule has 0 saturated carbocycles. The zero-order valence-corrected chi connectivity index (χ0v) is 14.3. The van der Waals surface area contributed by atoms with Crippen LogP contribution in [-0.4, -0.2) is 25.6 Å². The lowest BCUT2D eigenvalue weighted by molar-refractivity contribution is -0.131. The van der Waals surface area contributed by atoms with Gasteiger partial charge in [0.25, 0.3) is 5.91 Å². The molecule has 8 heteroatoms. The molecule has 1 amide bonds. The highest BCUT2D eigenvalue weighted by Gasteiger charge is 2.29.